The molecule has 0 amide bonds. The topological polar surface area (TPSA) is 38.0 Å². The number of hydrogen-bond donors (Lipinski definition) is 2. The summed E-state index contributed by atoms with van der Waals surface area (Å²) in [4.78, 5) is 0.00280. The summed E-state index contributed by atoms with van der Waals surface area (Å²) in [6.45, 7) is -1.97. The van der Waals surface area contributed by atoms with Crippen LogP contribution in [0.1, 0.15) is 18.4 Å². The van der Waals surface area contributed by atoms with Crippen molar-refractivity contribution >= 4 is 22.9 Å². The third kappa shape index (κ3) is 3.82. The summed E-state index contributed by atoms with van der Waals surface area (Å²) in [5.74, 6) is 0. The summed E-state index contributed by atoms with van der Waals surface area (Å²) in [6, 6.07) is 5.60. The Morgan fingerprint density at radius 3 is 2.55 bits per heavy atom. The van der Waals surface area contributed by atoms with Crippen LogP contribution in [-0.4, -0.2) is 24.8 Å². The molecule has 0 aromatic heterocycles. The molecule has 2 nitrogen and oxygen atoms in total. The number of halogens is 4. The largest absolute Gasteiger partial charge is 0.399 e. The second-order valence-corrected chi connectivity index (χ2v) is 4.86. The Labute approximate surface area is 120 Å². The van der Waals surface area contributed by atoms with Gasteiger partial charge in [0.2, 0.25) is 0 Å². The van der Waals surface area contributed by atoms with Crippen molar-refractivity contribution in [3.63, 3.8) is 0 Å². The molecule has 1 atom stereocenters. The summed E-state index contributed by atoms with van der Waals surface area (Å²) in [5.41, 5.74) is 3.56. The van der Waals surface area contributed by atoms with Crippen LogP contribution in [0.25, 0.3) is 0 Å². The number of hydrogen-bond acceptors (Lipinski definition) is 2. The zero-order valence-electron chi connectivity index (χ0n) is 10.7. The quantitative estimate of drug-likeness (QED) is 0.461. The van der Waals surface area contributed by atoms with Crippen molar-refractivity contribution in [3.8, 4) is 0 Å². The predicted molar refractivity (Wildman–Crippen MR) is 75.5 cm³/mol. The molecule has 1 aromatic rings. The molecular weight excluding hydrogens is 292 g/mol. The van der Waals surface area contributed by atoms with Gasteiger partial charge in [-0.3, -0.25) is 4.39 Å². The first kappa shape index (κ1) is 16.7. The molecule has 0 bridgehead atoms. The van der Waals surface area contributed by atoms with Crippen molar-refractivity contribution in [3.05, 3.63) is 29.8 Å². The third-order valence-corrected chi connectivity index (χ3v) is 3.19. The van der Waals surface area contributed by atoms with Crippen LogP contribution in [0.3, 0.4) is 0 Å². The molecule has 112 valence electrons. The van der Waals surface area contributed by atoms with E-state index in [-0.39, 0.29) is 29.1 Å². The maximum Gasteiger partial charge on any atom is 0.267 e. The summed E-state index contributed by atoms with van der Waals surface area (Å²) in [7, 11) is 0. The van der Waals surface area contributed by atoms with E-state index in [1.54, 1.807) is 0 Å². The van der Waals surface area contributed by atoms with Crippen LogP contribution >= 0.6 is 12.2 Å². The third-order valence-electron chi connectivity index (χ3n) is 2.89. The van der Waals surface area contributed by atoms with Gasteiger partial charge in [-0.25, -0.2) is 13.2 Å². The van der Waals surface area contributed by atoms with Gasteiger partial charge >= 0.3 is 0 Å². The first-order chi connectivity index (χ1) is 9.46. The van der Waals surface area contributed by atoms with Gasteiger partial charge in [-0.2, -0.15) is 0 Å². The van der Waals surface area contributed by atoms with Gasteiger partial charge in [0.25, 0.3) is 6.43 Å². The first-order valence-corrected chi connectivity index (χ1v) is 6.44. The molecule has 0 aliphatic heterocycles. The highest BCUT2D eigenvalue weighted by Gasteiger charge is 2.42. The molecule has 1 rings (SSSR count). The molecule has 3 N–H and O–H groups in total. The average molecular weight is 308 g/mol. The number of benzene rings is 1. The molecule has 0 fully saturated rings. The zero-order chi connectivity index (χ0) is 15.2. The summed E-state index contributed by atoms with van der Waals surface area (Å²) < 4.78 is 52.2. The fourth-order valence-electron chi connectivity index (χ4n) is 1.78. The molecule has 0 saturated carbocycles. The Kier molecular flexibility index (Phi) is 6.19. The minimum atomic E-state index is -3.03. The summed E-state index contributed by atoms with van der Waals surface area (Å²) in [5, 5.41) is 2.34. The lowest BCUT2D eigenvalue weighted by Gasteiger charge is -2.33. The van der Waals surface area contributed by atoms with Gasteiger partial charge in [0.05, 0.1) is 11.7 Å². The minimum Gasteiger partial charge on any atom is -0.399 e. The molecule has 0 aliphatic carbocycles. The highest BCUT2D eigenvalue weighted by Crippen LogP contribution is 2.31. The lowest BCUT2D eigenvalue weighted by molar-refractivity contribution is 0.0236. The fourth-order valence-corrected chi connectivity index (χ4v) is 2.10. The molecular formula is C13H16F4N2S. The van der Waals surface area contributed by atoms with Crippen LogP contribution in [0.4, 0.5) is 23.2 Å². The van der Waals surface area contributed by atoms with Crippen LogP contribution in [-0.2, 0) is 5.54 Å². The van der Waals surface area contributed by atoms with Crippen LogP contribution in [0.15, 0.2) is 24.3 Å². The first-order valence-electron chi connectivity index (χ1n) is 6.03. The number of nitrogens with one attached hydrogen (secondary N) is 1. The van der Waals surface area contributed by atoms with Gasteiger partial charge in [-0.05, 0) is 24.1 Å². The number of anilines is 1. The molecule has 1 unspecified atom stereocenters. The van der Waals surface area contributed by atoms with Crippen LogP contribution in [0.2, 0.25) is 0 Å². The zero-order valence-corrected chi connectivity index (χ0v) is 11.5. The van der Waals surface area contributed by atoms with Crippen LogP contribution < -0.4 is 11.1 Å². The summed E-state index contributed by atoms with van der Waals surface area (Å²) >= 11 is 4.88. The predicted octanol–water partition coefficient (Wildman–Crippen LogP) is 3.37. The monoisotopic (exact) mass is 308 g/mol. The fraction of sp³-hybridized carbons (Fsp3) is 0.462. The van der Waals surface area contributed by atoms with Gasteiger partial charge in [0.15, 0.2) is 5.54 Å². The standard InChI is InChI=1S/C13H16F4N2S/c14-6-2-5-11(20)19-13(8-15,12(16)17)9-3-1-4-10(18)7-9/h1,3-4,7,12H,2,5-6,8,18H2,(H,19,20). The molecule has 0 aliphatic rings. The molecule has 0 radical (unpaired) electrons. The smallest absolute Gasteiger partial charge is 0.267 e. The van der Waals surface area contributed by atoms with Crippen molar-refractivity contribution in [2.75, 3.05) is 19.1 Å². The van der Waals surface area contributed by atoms with Gasteiger partial charge in [-0.15, -0.1) is 0 Å². The van der Waals surface area contributed by atoms with Crippen molar-refractivity contribution in [2.24, 2.45) is 0 Å². The van der Waals surface area contributed by atoms with E-state index >= 15 is 0 Å². The normalized spacial score (nSPS) is 14.1. The van der Waals surface area contributed by atoms with E-state index in [2.05, 4.69) is 5.32 Å². The van der Waals surface area contributed by atoms with Gasteiger partial charge in [0.1, 0.15) is 6.67 Å². The van der Waals surface area contributed by atoms with Gasteiger partial charge < -0.3 is 11.1 Å². The maximum absolute atomic E-state index is 13.4. The average Bonchev–Trinajstić information content (AvgIpc) is 2.42. The highest BCUT2D eigenvalue weighted by atomic mass is 32.1. The molecule has 0 spiro atoms. The van der Waals surface area contributed by atoms with E-state index in [0.29, 0.717) is 0 Å². The van der Waals surface area contributed by atoms with E-state index < -0.39 is 25.3 Å². The Morgan fingerprint density at radius 2 is 2.05 bits per heavy atom. The second-order valence-electron chi connectivity index (χ2n) is 4.37. The van der Waals surface area contributed by atoms with Crippen molar-refractivity contribution < 1.29 is 17.6 Å². The van der Waals surface area contributed by atoms with E-state index in [1.165, 1.54) is 24.3 Å². The van der Waals surface area contributed by atoms with Crippen molar-refractivity contribution in [2.45, 2.75) is 24.8 Å². The SMILES string of the molecule is Nc1cccc(C(CF)(NC(=S)CCCF)C(F)F)c1. The second kappa shape index (κ2) is 7.42. The Hall–Kier alpha value is -1.37. The molecule has 7 heteroatoms. The molecule has 1 aromatic carbocycles. The van der Waals surface area contributed by atoms with Crippen LogP contribution in [0, 0.1) is 0 Å². The van der Waals surface area contributed by atoms with E-state index in [9.17, 15) is 17.6 Å². The maximum atomic E-state index is 13.4. The minimum absolute atomic E-state index is 0.00280. The van der Waals surface area contributed by atoms with Gasteiger partial charge in [-0.1, -0.05) is 24.4 Å². The number of alkyl halides is 4. The van der Waals surface area contributed by atoms with Crippen LogP contribution in [0.5, 0.6) is 0 Å². The lowest BCUT2D eigenvalue weighted by Crippen LogP contribution is -2.52. The lowest BCUT2D eigenvalue weighted by atomic mass is 9.91. The number of thiocarbonyl (C=S) groups is 1. The number of nitrogens with two attached hydrogens (primary N) is 1. The summed E-state index contributed by atoms with van der Waals surface area (Å²) in [6.07, 6.45) is -2.84. The number of nitrogen functional groups attached to an aromatic ring is 1. The molecule has 0 saturated heterocycles. The molecule has 0 heterocycles. The van der Waals surface area contributed by atoms with E-state index in [0.717, 1.165) is 0 Å². The molecule has 20 heavy (non-hydrogen) atoms. The highest BCUT2D eigenvalue weighted by molar-refractivity contribution is 7.80. The number of rotatable bonds is 7. The van der Waals surface area contributed by atoms with E-state index in [1.807, 2.05) is 0 Å². The Bertz CT molecular complexity index is 456. The van der Waals surface area contributed by atoms with Gasteiger partial charge in [0, 0.05) is 12.1 Å². The Morgan fingerprint density at radius 1 is 1.35 bits per heavy atom. The van der Waals surface area contributed by atoms with Crippen molar-refractivity contribution in [1.82, 2.24) is 5.32 Å². The Balaban J connectivity index is 3.06. The van der Waals surface area contributed by atoms with E-state index in [4.69, 9.17) is 18.0 Å². The van der Waals surface area contributed by atoms with Crippen molar-refractivity contribution in [1.29, 1.82) is 0 Å².